The van der Waals surface area contributed by atoms with Crippen LogP contribution in [0.4, 0.5) is 0 Å². The van der Waals surface area contributed by atoms with Crippen molar-refractivity contribution in [3.05, 3.63) is 95.2 Å². The minimum atomic E-state index is -0.272. The lowest BCUT2D eigenvalue weighted by molar-refractivity contribution is 0.0656. The second kappa shape index (κ2) is 8.27. The SMILES string of the molecule is C=CC(C)(C)c1c(CCN2C(=O)c3ccccc3C2=O)c2ccccc2n1CC=C(C)C. The van der Waals surface area contributed by atoms with E-state index in [2.05, 4.69) is 63.1 Å². The highest BCUT2D eigenvalue weighted by Gasteiger charge is 2.35. The van der Waals surface area contributed by atoms with Crippen molar-refractivity contribution in [2.24, 2.45) is 0 Å². The van der Waals surface area contributed by atoms with E-state index in [-0.39, 0.29) is 17.2 Å². The number of rotatable bonds is 7. The molecule has 2 aromatic carbocycles. The van der Waals surface area contributed by atoms with Gasteiger partial charge >= 0.3 is 0 Å². The van der Waals surface area contributed by atoms with Crippen molar-refractivity contribution in [3.8, 4) is 0 Å². The molecule has 0 N–H and O–H groups in total. The van der Waals surface area contributed by atoms with Crippen molar-refractivity contribution in [2.45, 2.75) is 46.1 Å². The van der Waals surface area contributed by atoms with Crippen molar-refractivity contribution >= 4 is 22.7 Å². The molecule has 0 saturated carbocycles. The van der Waals surface area contributed by atoms with Crippen molar-refractivity contribution < 1.29 is 9.59 Å². The third-order valence-corrected chi connectivity index (χ3v) is 6.34. The number of allylic oxidation sites excluding steroid dienone is 3. The summed E-state index contributed by atoms with van der Waals surface area (Å²) in [6.07, 6.45) is 4.80. The fraction of sp³-hybridized carbons (Fsp3) is 0.286. The zero-order chi connectivity index (χ0) is 23.0. The van der Waals surface area contributed by atoms with Crippen molar-refractivity contribution in [2.75, 3.05) is 6.54 Å². The minimum Gasteiger partial charge on any atom is -0.340 e. The molecule has 2 heterocycles. The van der Waals surface area contributed by atoms with Gasteiger partial charge in [0.05, 0.1) is 11.1 Å². The standard InChI is InChI=1S/C28H30N2O2/c1-6-28(4,5)25-21(20-11-9-10-14-24(20)29(25)17-15-19(2)3)16-18-30-26(31)22-12-7-8-13-23(22)27(30)32/h6-15H,1,16-18H2,2-5H3. The summed E-state index contributed by atoms with van der Waals surface area (Å²) in [7, 11) is 0. The monoisotopic (exact) mass is 426 g/mol. The van der Waals surface area contributed by atoms with Crippen LogP contribution in [0.15, 0.2) is 72.8 Å². The summed E-state index contributed by atoms with van der Waals surface area (Å²) in [5, 5.41) is 1.16. The number of amides is 2. The number of aromatic nitrogens is 1. The van der Waals surface area contributed by atoms with Gasteiger partial charge in [0.2, 0.25) is 0 Å². The summed E-state index contributed by atoms with van der Waals surface area (Å²) in [6.45, 7) is 13.8. The molecule has 1 aromatic heterocycles. The van der Waals surface area contributed by atoms with Gasteiger partial charge in [-0.15, -0.1) is 6.58 Å². The lowest BCUT2D eigenvalue weighted by Crippen LogP contribution is -2.32. The Bertz CT molecular complexity index is 1220. The van der Waals surface area contributed by atoms with Crippen LogP contribution in [0, 0.1) is 0 Å². The second-order valence-corrected chi connectivity index (χ2v) is 9.22. The summed E-state index contributed by atoms with van der Waals surface area (Å²) >= 11 is 0. The van der Waals surface area contributed by atoms with Gasteiger partial charge in [-0.25, -0.2) is 0 Å². The van der Waals surface area contributed by atoms with Gasteiger partial charge in [-0.3, -0.25) is 14.5 Å². The van der Waals surface area contributed by atoms with E-state index in [0.29, 0.717) is 24.1 Å². The molecular formula is C28H30N2O2. The highest BCUT2D eigenvalue weighted by atomic mass is 16.2. The number of hydrogen-bond acceptors (Lipinski definition) is 2. The van der Waals surface area contributed by atoms with Crippen molar-refractivity contribution in [1.29, 1.82) is 0 Å². The molecule has 4 rings (SSSR count). The molecular weight excluding hydrogens is 396 g/mol. The third-order valence-electron chi connectivity index (χ3n) is 6.34. The molecule has 3 aromatic rings. The Morgan fingerprint density at radius 1 is 0.969 bits per heavy atom. The van der Waals surface area contributed by atoms with E-state index in [1.165, 1.54) is 21.7 Å². The normalized spacial score (nSPS) is 13.6. The Balaban J connectivity index is 1.78. The van der Waals surface area contributed by atoms with Crippen LogP contribution in [0.3, 0.4) is 0 Å². The van der Waals surface area contributed by atoms with E-state index in [4.69, 9.17) is 0 Å². The number of hydrogen-bond donors (Lipinski definition) is 0. The Labute approximate surface area is 189 Å². The van der Waals surface area contributed by atoms with E-state index in [9.17, 15) is 9.59 Å². The Kier molecular flexibility index (Phi) is 5.64. The maximum atomic E-state index is 12.9. The molecule has 0 bridgehead atoms. The number of nitrogens with zero attached hydrogens (tertiary/aromatic N) is 2. The predicted molar refractivity (Wildman–Crippen MR) is 130 cm³/mol. The average molecular weight is 427 g/mol. The molecule has 32 heavy (non-hydrogen) atoms. The van der Waals surface area contributed by atoms with E-state index in [1.54, 1.807) is 24.3 Å². The predicted octanol–water partition coefficient (Wildman–Crippen LogP) is 5.91. The van der Waals surface area contributed by atoms with Crippen LogP contribution in [-0.4, -0.2) is 27.8 Å². The lowest BCUT2D eigenvalue weighted by atomic mass is 9.85. The Morgan fingerprint density at radius 2 is 1.56 bits per heavy atom. The summed E-state index contributed by atoms with van der Waals surface area (Å²) in [4.78, 5) is 27.2. The van der Waals surface area contributed by atoms with Gasteiger partial charge in [-0.05, 0) is 44.0 Å². The van der Waals surface area contributed by atoms with Gasteiger partial charge in [0.25, 0.3) is 11.8 Å². The van der Waals surface area contributed by atoms with Gasteiger partial charge in [0.1, 0.15) is 0 Å². The average Bonchev–Trinajstić information content (AvgIpc) is 3.23. The number of para-hydroxylation sites is 1. The van der Waals surface area contributed by atoms with E-state index in [1.807, 2.05) is 12.1 Å². The van der Waals surface area contributed by atoms with Crippen LogP contribution >= 0.6 is 0 Å². The summed E-state index contributed by atoms with van der Waals surface area (Å²) in [5.74, 6) is -0.410. The lowest BCUT2D eigenvalue weighted by Gasteiger charge is -2.25. The zero-order valence-electron chi connectivity index (χ0n) is 19.3. The molecule has 0 saturated heterocycles. The number of carbonyl (C=O) groups is 2. The maximum Gasteiger partial charge on any atom is 0.261 e. The third kappa shape index (κ3) is 3.60. The number of imide groups is 1. The molecule has 0 radical (unpaired) electrons. The fourth-order valence-corrected chi connectivity index (χ4v) is 4.59. The van der Waals surface area contributed by atoms with E-state index < -0.39 is 0 Å². The molecule has 0 atom stereocenters. The zero-order valence-corrected chi connectivity index (χ0v) is 19.3. The fourth-order valence-electron chi connectivity index (χ4n) is 4.59. The van der Waals surface area contributed by atoms with Gasteiger partial charge < -0.3 is 4.57 Å². The molecule has 0 spiro atoms. The highest BCUT2D eigenvalue weighted by molar-refractivity contribution is 6.21. The van der Waals surface area contributed by atoms with Gasteiger partial charge in [0, 0.05) is 35.1 Å². The van der Waals surface area contributed by atoms with Gasteiger partial charge in [0.15, 0.2) is 0 Å². The number of carbonyl (C=O) groups excluding carboxylic acids is 2. The molecule has 0 aliphatic carbocycles. The number of fused-ring (bicyclic) bond motifs is 2. The maximum absolute atomic E-state index is 12.9. The largest absolute Gasteiger partial charge is 0.340 e. The number of benzene rings is 2. The first kappa shape index (κ1) is 21.8. The van der Waals surface area contributed by atoms with E-state index in [0.717, 1.165) is 17.4 Å². The van der Waals surface area contributed by atoms with E-state index >= 15 is 0 Å². The summed E-state index contributed by atoms with van der Waals surface area (Å²) in [6, 6.07) is 15.4. The molecule has 2 amide bonds. The Morgan fingerprint density at radius 3 is 2.16 bits per heavy atom. The topological polar surface area (TPSA) is 42.3 Å². The van der Waals surface area contributed by atoms with Crippen LogP contribution in [0.25, 0.3) is 10.9 Å². The molecule has 4 heteroatoms. The smallest absolute Gasteiger partial charge is 0.261 e. The van der Waals surface area contributed by atoms with Crippen LogP contribution in [0.5, 0.6) is 0 Å². The molecule has 1 aliphatic rings. The first-order valence-electron chi connectivity index (χ1n) is 11.1. The highest BCUT2D eigenvalue weighted by Crippen LogP contribution is 2.36. The van der Waals surface area contributed by atoms with Crippen LogP contribution in [0.1, 0.15) is 59.7 Å². The molecule has 4 nitrogen and oxygen atoms in total. The van der Waals surface area contributed by atoms with Crippen LogP contribution in [0.2, 0.25) is 0 Å². The molecule has 164 valence electrons. The quantitative estimate of drug-likeness (QED) is 0.348. The molecule has 1 aliphatic heterocycles. The Hall–Kier alpha value is -3.40. The van der Waals surface area contributed by atoms with Crippen LogP contribution in [-0.2, 0) is 18.4 Å². The van der Waals surface area contributed by atoms with Gasteiger partial charge in [-0.2, -0.15) is 0 Å². The van der Waals surface area contributed by atoms with Crippen molar-refractivity contribution in [1.82, 2.24) is 9.47 Å². The molecule has 0 fully saturated rings. The van der Waals surface area contributed by atoms with Gasteiger partial charge in [-0.1, -0.05) is 61.9 Å². The first-order chi connectivity index (χ1) is 15.3. The second-order valence-electron chi connectivity index (χ2n) is 9.22. The first-order valence-corrected chi connectivity index (χ1v) is 11.1. The minimum absolute atomic E-state index is 0.205. The molecule has 0 unspecified atom stereocenters. The summed E-state index contributed by atoms with van der Waals surface area (Å²) < 4.78 is 2.35. The summed E-state index contributed by atoms with van der Waals surface area (Å²) in [5.41, 5.74) is 5.49. The van der Waals surface area contributed by atoms with Crippen LogP contribution < -0.4 is 0 Å². The van der Waals surface area contributed by atoms with Crippen molar-refractivity contribution in [3.63, 3.8) is 0 Å².